The Morgan fingerprint density at radius 1 is 0.731 bits per heavy atom. The van der Waals surface area contributed by atoms with Gasteiger partial charge in [0.1, 0.15) is 0 Å². The number of benzene rings is 3. The summed E-state index contributed by atoms with van der Waals surface area (Å²) in [4.78, 5) is 0. The van der Waals surface area contributed by atoms with Crippen LogP contribution in [0.25, 0.3) is 5.57 Å². The Morgan fingerprint density at radius 3 is 1.79 bits per heavy atom. The Hall–Kier alpha value is -2.22. The van der Waals surface area contributed by atoms with E-state index in [0.717, 1.165) is 6.42 Å². The molecule has 1 saturated carbocycles. The molecule has 52 heavy (non-hydrogen) atoms. The summed E-state index contributed by atoms with van der Waals surface area (Å²) >= 11 is 1.65. The van der Waals surface area contributed by atoms with Crippen LogP contribution in [0.1, 0.15) is 90.5 Å². The summed E-state index contributed by atoms with van der Waals surface area (Å²) in [6, 6.07) is 37.2. The van der Waals surface area contributed by atoms with Crippen LogP contribution in [0.2, 0.25) is 0 Å². The zero-order chi connectivity index (χ0) is 36.1. The summed E-state index contributed by atoms with van der Waals surface area (Å²) in [5.41, 5.74) is 12.5. The molecule has 4 aromatic rings. The maximum atomic E-state index is 2.62. The molecule has 0 aliphatic heterocycles. The van der Waals surface area contributed by atoms with Crippen molar-refractivity contribution in [3.63, 3.8) is 0 Å². The van der Waals surface area contributed by atoms with E-state index in [9.17, 15) is 0 Å². The Morgan fingerprint density at radius 2 is 1.27 bits per heavy atom. The number of allylic oxidation sites excluding steroid dienone is 6. The Labute approximate surface area is 343 Å². The van der Waals surface area contributed by atoms with Crippen LogP contribution in [-0.2, 0) is 29.8 Å². The molecule has 2 unspecified atom stereocenters. The minimum absolute atomic E-state index is 0. The van der Waals surface area contributed by atoms with Crippen LogP contribution in [0.3, 0.4) is 0 Å². The first kappa shape index (κ1) is 42.5. The third kappa shape index (κ3) is 7.05. The van der Waals surface area contributed by atoms with Crippen molar-refractivity contribution in [3.05, 3.63) is 160 Å². The van der Waals surface area contributed by atoms with Gasteiger partial charge in [0, 0.05) is 0 Å². The average molecular weight is 823 g/mol. The van der Waals surface area contributed by atoms with Crippen LogP contribution < -0.4 is 35.2 Å². The van der Waals surface area contributed by atoms with Crippen LogP contribution in [0.15, 0.2) is 132 Å². The first-order chi connectivity index (χ1) is 23.6. The number of rotatable bonds is 2. The van der Waals surface area contributed by atoms with Gasteiger partial charge in [-0.2, -0.15) is 29.3 Å². The molecule has 2 atom stereocenters. The van der Waals surface area contributed by atoms with E-state index in [1.165, 1.54) is 45.5 Å². The van der Waals surface area contributed by atoms with E-state index in [1.54, 1.807) is 51.5 Å². The smallest absolute Gasteiger partial charge is 0.172 e. The summed E-state index contributed by atoms with van der Waals surface area (Å²) in [5, 5.41) is 3.05. The van der Waals surface area contributed by atoms with E-state index in [4.69, 9.17) is 0 Å². The molecule has 272 valence electrons. The summed E-state index contributed by atoms with van der Waals surface area (Å²) < 4.78 is 0. The van der Waals surface area contributed by atoms with Crippen molar-refractivity contribution < 1.29 is 48.1 Å². The van der Waals surface area contributed by atoms with Crippen LogP contribution in [0, 0.1) is 47.3 Å². The van der Waals surface area contributed by atoms with Gasteiger partial charge in [0.25, 0.3) is 0 Å². The zero-order valence-corrected chi connectivity index (χ0v) is 37.9. The summed E-state index contributed by atoms with van der Waals surface area (Å²) in [6.07, 6.45) is 8.50. The molecule has 4 aromatic carbocycles. The van der Waals surface area contributed by atoms with Crippen LogP contribution in [0.5, 0.6) is 0 Å². The molecule has 0 N–H and O–H groups in total. The van der Waals surface area contributed by atoms with Crippen molar-refractivity contribution in [2.75, 3.05) is 0 Å². The van der Waals surface area contributed by atoms with Crippen molar-refractivity contribution in [2.45, 2.75) is 88.5 Å². The summed E-state index contributed by atoms with van der Waals surface area (Å²) in [5.74, 6) is 2.24. The predicted molar refractivity (Wildman–Crippen MR) is 214 cm³/mol. The van der Waals surface area contributed by atoms with E-state index in [1.807, 2.05) is 30.3 Å². The standard InChI is InChI=1S/C29H37.C14H14Si.C5H5.2ClH.Zr/c1-18-25-22-17-19-13-9-10-14-20(19)24(22)21-15-11-12-16-23(21)29(25,8)28(6,7)27(4,5)26(18,2)3;1-11-3-7-13(8-4-11)15-14-9-5-12(2)6-10-14;1-2-4-5-3-1;;;/h9-11,13-15,23H,12,16-17H2,1-8H3;3-10H,1-2H3;1-5H;2*1H;/q-1;;-1;;;+2/p-2. The molecular weight excluding hydrogens is 767 g/mol. The molecule has 0 aromatic heterocycles. The second-order valence-electron chi connectivity index (χ2n) is 16.8. The molecular formula is C48H56Cl2SiZr-2. The fraction of sp³-hybridized carbons (Fsp3) is 0.375. The van der Waals surface area contributed by atoms with Gasteiger partial charge in [-0.1, -0.05) is 113 Å². The van der Waals surface area contributed by atoms with Crippen molar-refractivity contribution in [1.29, 1.82) is 0 Å². The van der Waals surface area contributed by atoms with Gasteiger partial charge in [0.2, 0.25) is 0 Å². The molecule has 0 spiro atoms. The molecule has 0 amide bonds. The fourth-order valence-electron chi connectivity index (χ4n) is 9.50. The first-order valence-corrected chi connectivity index (χ1v) is 23.8. The monoisotopic (exact) mass is 820 g/mol. The van der Waals surface area contributed by atoms with E-state index < -0.39 is 5.43 Å². The summed E-state index contributed by atoms with van der Waals surface area (Å²) in [7, 11) is 0. The SMILES string of the molecule is C[C-]1C2=C3Cc4ccccc4C3=C3C=CCCC3C2(C)C(C)(C)C(C)(C)C1(C)C.Cc1ccc([Si](=[Zr+2])c2ccc(C)cc2)cc1.[Cl-].[Cl-].c1cc[cH-]c1. The van der Waals surface area contributed by atoms with Gasteiger partial charge >= 0.3 is 113 Å². The summed E-state index contributed by atoms with van der Waals surface area (Å²) in [6.45, 7) is 24.6. The van der Waals surface area contributed by atoms with Gasteiger partial charge in [0.15, 0.2) is 0 Å². The zero-order valence-electron chi connectivity index (χ0n) is 32.9. The van der Waals surface area contributed by atoms with Gasteiger partial charge in [0.05, 0.1) is 0 Å². The maximum absolute atomic E-state index is 2.62. The molecule has 4 aliphatic carbocycles. The number of fused-ring (bicyclic) bond motifs is 6. The van der Waals surface area contributed by atoms with Gasteiger partial charge in [-0.3, -0.25) is 0 Å². The molecule has 0 heterocycles. The second-order valence-corrected chi connectivity index (χ2v) is 22.4. The van der Waals surface area contributed by atoms with Crippen molar-refractivity contribution >= 4 is 21.4 Å². The second kappa shape index (κ2) is 16.3. The fourth-order valence-corrected chi connectivity index (χ4v) is 13.3. The third-order valence-corrected chi connectivity index (χ3v) is 20.1. The molecule has 4 heteroatoms. The number of halogens is 2. The Balaban J connectivity index is 0.000000221. The predicted octanol–water partition coefficient (Wildman–Crippen LogP) is 5.34. The van der Waals surface area contributed by atoms with E-state index in [-0.39, 0.29) is 46.5 Å². The Kier molecular flexibility index (Phi) is 13.3. The number of hydrogen-bond acceptors (Lipinski definition) is 0. The molecule has 4 aliphatic rings. The van der Waals surface area contributed by atoms with Crippen LogP contribution in [0.4, 0.5) is 0 Å². The number of hydrogen-bond donors (Lipinski definition) is 0. The molecule has 0 saturated heterocycles. The van der Waals surface area contributed by atoms with Gasteiger partial charge in [-0.05, 0) is 40.6 Å². The normalized spacial score (nSPS) is 22.5. The van der Waals surface area contributed by atoms with Gasteiger partial charge in [-0.25, -0.2) is 18.1 Å². The average Bonchev–Trinajstić information content (AvgIpc) is 3.81. The van der Waals surface area contributed by atoms with Gasteiger partial charge in [-0.15, -0.1) is 6.92 Å². The third-order valence-electron chi connectivity index (χ3n) is 14.0. The van der Waals surface area contributed by atoms with E-state index in [2.05, 4.69) is 154 Å². The maximum Gasteiger partial charge on any atom is -0.172 e. The van der Waals surface area contributed by atoms with E-state index in [0.29, 0.717) is 5.92 Å². The molecule has 0 radical (unpaired) electrons. The van der Waals surface area contributed by atoms with Crippen molar-refractivity contribution in [3.8, 4) is 0 Å². The number of aryl methyl sites for hydroxylation is 2. The van der Waals surface area contributed by atoms with Crippen LogP contribution in [-0.4, -0.2) is 5.43 Å². The van der Waals surface area contributed by atoms with E-state index >= 15 is 0 Å². The molecule has 1 fully saturated rings. The van der Waals surface area contributed by atoms with Gasteiger partial charge < -0.3 is 24.8 Å². The molecule has 8 rings (SSSR count). The topological polar surface area (TPSA) is 0 Å². The minimum Gasteiger partial charge on any atom is -1.00 e. The molecule has 0 bridgehead atoms. The minimum atomic E-state index is -0.488. The quantitative estimate of drug-likeness (QED) is 0.190. The Bertz CT molecular complexity index is 1890. The van der Waals surface area contributed by atoms with Crippen molar-refractivity contribution in [1.82, 2.24) is 0 Å². The largest absolute Gasteiger partial charge is 1.00 e. The van der Waals surface area contributed by atoms with Crippen molar-refractivity contribution in [2.24, 2.45) is 27.6 Å². The molecule has 0 nitrogen and oxygen atoms in total. The first-order valence-electron chi connectivity index (χ1n) is 18.6. The van der Waals surface area contributed by atoms with Crippen LogP contribution >= 0.6 is 0 Å².